The summed E-state index contributed by atoms with van der Waals surface area (Å²) >= 11 is 0. The molecule has 12 amide bonds. The number of piperazine rings is 1. The summed E-state index contributed by atoms with van der Waals surface area (Å²) in [6.07, 6.45) is 3.53. The highest BCUT2D eigenvalue weighted by atomic mass is 16.2. The Bertz CT molecular complexity index is 5610. The number of rotatable bonds is 25. The average Bonchev–Trinajstić information content (AvgIpc) is 1.59. The molecule has 1 fully saturated rings. The maximum absolute atomic E-state index is 13.7. The zero-order valence-corrected chi connectivity index (χ0v) is 71.4. The first-order valence-corrected chi connectivity index (χ1v) is 40.4. The number of hydrogen-bond donors (Lipinski definition) is 14. The van der Waals surface area contributed by atoms with Gasteiger partial charge in [-0.25, -0.2) is 14.4 Å². The first-order chi connectivity index (χ1) is 59.3. The molecule has 0 unspecified atom stereocenters. The number of amides is 12. The number of aromatic amines is 3. The van der Waals surface area contributed by atoms with Crippen molar-refractivity contribution >= 4 is 122 Å². The van der Waals surface area contributed by atoms with Crippen molar-refractivity contribution in [2.75, 3.05) is 129 Å². The van der Waals surface area contributed by atoms with Gasteiger partial charge in [-0.1, -0.05) is 74.3 Å². The van der Waals surface area contributed by atoms with E-state index in [0.29, 0.717) is 120 Å². The van der Waals surface area contributed by atoms with Gasteiger partial charge in [-0.3, -0.25) is 44.1 Å². The lowest BCUT2D eigenvalue weighted by molar-refractivity contribution is -0.112. The van der Waals surface area contributed by atoms with Gasteiger partial charge < -0.3 is 92.8 Å². The third-order valence-electron chi connectivity index (χ3n) is 21.7. The predicted octanol–water partition coefficient (Wildman–Crippen LogP) is 13.4. The molecule has 10 aromatic rings. The molecule has 0 aliphatic carbocycles. The van der Waals surface area contributed by atoms with Crippen molar-refractivity contribution in [3.8, 4) is 0 Å². The smallest absolute Gasteiger partial charge is 0.321 e. The molecule has 3 aromatic heterocycles. The van der Waals surface area contributed by atoms with Crippen LogP contribution in [0, 0.1) is 0 Å². The molecule has 1 saturated heterocycles. The van der Waals surface area contributed by atoms with E-state index in [2.05, 4.69) is 126 Å². The molecule has 4 aliphatic rings. The van der Waals surface area contributed by atoms with Gasteiger partial charge in [0.2, 0.25) is 17.7 Å². The third kappa shape index (κ3) is 21.4. The van der Waals surface area contributed by atoms with Crippen LogP contribution in [0.4, 0.5) is 83.0 Å². The van der Waals surface area contributed by atoms with E-state index in [9.17, 15) is 43.2 Å². The lowest BCUT2D eigenvalue weighted by Crippen LogP contribution is -2.54. The summed E-state index contributed by atoms with van der Waals surface area (Å²) in [6, 6.07) is 51.3. The summed E-state index contributed by atoms with van der Waals surface area (Å²) in [4.78, 5) is 127. The third-order valence-corrected chi connectivity index (χ3v) is 21.7. The van der Waals surface area contributed by atoms with Crippen LogP contribution in [0.2, 0.25) is 0 Å². The van der Waals surface area contributed by atoms with Crippen molar-refractivity contribution in [1.82, 2.24) is 75.5 Å². The lowest BCUT2D eigenvalue weighted by Gasteiger charge is -2.39. The highest BCUT2D eigenvalue weighted by Crippen LogP contribution is 2.45. The number of H-pyrrole nitrogens is 3. The first kappa shape index (κ1) is 88.6. The molecule has 7 aromatic carbocycles. The molecule has 1 atom stereocenters. The van der Waals surface area contributed by atoms with Crippen LogP contribution in [0.5, 0.6) is 0 Å². The van der Waals surface area contributed by atoms with Crippen LogP contribution in [0.1, 0.15) is 118 Å². The first-order valence-electron chi connectivity index (χ1n) is 40.4. The summed E-state index contributed by atoms with van der Waals surface area (Å²) in [5, 5.41) is 55.8. The maximum Gasteiger partial charge on any atom is 0.321 e. The number of nitrogens with zero attached hydrogens (tertiary/aromatic N) is 10. The SMILES string of the molecule is C=CC(=O)Nc1ccc(C(=O)Nc2cccc(Nc3n[nH]c4c3CN(C(=O)N3CCN(C)CC3)C4(C)C)c2)cc1.C=CC(=O)Nc1ccc(C(=O)Nc2cccc(Nc3n[nH]c4c3CN(C(=O)NCCN(C)C)C4(C)C)c2)cc1.C=CC(=O)Nc1cccc(C(=O)Nc2cccc(Nc3n[nH]c4c3CN(C(=O)N[C@H](CN(C)C)c3ccccc3)C4(C)C)c2)c1. The van der Waals surface area contributed by atoms with Gasteiger partial charge in [0, 0.05) is 130 Å². The van der Waals surface area contributed by atoms with Crippen LogP contribution in [0.25, 0.3) is 0 Å². The maximum atomic E-state index is 13.7. The Morgan fingerprint density at radius 3 is 1.20 bits per heavy atom. The Morgan fingerprint density at radius 2 is 0.790 bits per heavy atom. The highest BCUT2D eigenvalue weighted by molar-refractivity contribution is 6.08. The van der Waals surface area contributed by atoms with Gasteiger partial charge in [0.25, 0.3) is 17.7 Å². The number of benzene rings is 7. The average molecular weight is 1680 g/mol. The fourth-order valence-corrected chi connectivity index (χ4v) is 14.8. The van der Waals surface area contributed by atoms with Gasteiger partial charge in [-0.05, 0) is 222 Å². The minimum Gasteiger partial charge on any atom is -0.338 e. The topological polar surface area (TPSA) is 395 Å². The second-order valence-electron chi connectivity index (χ2n) is 32.3. The van der Waals surface area contributed by atoms with Crippen LogP contribution in [-0.4, -0.2) is 199 Å². The van der Waals surface area contributed by atoms with Crippen molar-refractivity contribution in [2.24, 2.45) is 0 Å². The van der Waals surface area contributed by atoms with E-state index in [1.807, 2.05) is 168 Å². The van der Waals surface area contributed by atoms with Gasteiger partial charge >= 0.3 is 18.1 Å². The van der Waals surface area contributed by atoms with E-state index in [0.717, 1.165) is 70.3 Å². The van der Waals surface area contributed by atoms with E-state index in [4.69, 9.17) is 0 Å². The van der Waals surface area contributed by atoms with E-state index in [1.165, 1.54) is 18.2 Å². The van der Waals surface area contributed by atoms with Crippen LogP contribution in [-0.2, 0) is 50.6 Å². The Balaban J connectivity index is 0.000000170. The quantitative estimate of drug-likeness (QED) is 0.0236. The number of nitrogens with one attached hydrogen (secondary N) is 14. The molecule has 644 valence electrons. The van der Waals surface area contributed by atoms with Gasteiger partial charge in [-0.2, -0.15) is 15.3 Å². The number of hydrogen-bond acceptors (Lipinski definition) is 18. The fourth-order valence-electron chi connectivity index (χ4n) is 14.8. The predicted molar refractivity (Wildman–Crippen MR) is 483 cm³/mol. The molecule has 33 nitrogen and oxygen atoms in total. The fraction of sp³-hybridized carbons (Fsp3) is 0.275. The number of likely N-dealkylation sites (N-methyl/N-ethyl adjacent to an activating group) is 3. The molecule has 124 heavy (non-hydrogen) atoms. The zero-order chi connectivity index (χ0) is 88.7. The van der Waals surface area contributed by atoms with E-state index in [1.54, 1.807) is 102 Å². The molecule has 0 radical (unpaired) electrons. The van der Waals surface area contributed by atoms with Gasteiger partial charge in [-0.15, -0.1) is 0 Å². The van der Waals surface area contributed by atoms with Crippen molar-refractivity contribution in [3.05, 3.63) is 270 Å². The molecule has 33 heteroatoms. The summed E-state index contributed by atoms with van der Waals surface area (Å²) in [5.74, 6) is 0.0000103. The molecule has 0 bridgehead atoms. The second kappa shape index (κ2) is 38.8. The zero-order valence-electron chi connectivity index (χ0n) is 71.4. The summed E-state index contributed by atoms with van der Waals surface area (Å²) < 4.78 is 0. The van der Waals surface area contributed by atoms with E-state index >= 15 is 0 Å². The number of anilines is 12. The normalized spacial score (nSPS) is 14.6. The molecular formula is C91H106N24O9. The van der Waals surface area contributed by atoms with E-state index in [-0.39, 0.29) is 59.6 Å². The Hall–Kier alpha value is -14.7. The van der Waals surface area contributed by atoms with Crippen molar-refractivity contribution in [2.45, 2.75) is 83.8 Å². The van der Waals surface area contributed by atoms with Crippen LogP contribution < -0.4 is 58.5 Å². The Morgan fingerprint density at radius 1 is 0.419 bits per heavy atom. The van der Waals surface area contributed by atoms with Crippen molar-refractivity contribution in [1.29, 1.82) is 0 Å². The molecule has 7 heterocycles. The van der Waals surface area contributed by atoms with Crippen molar-refractivity contribution < 1.29 is 43.2 Å². The Kier molecular flexibility index (Phi) is 27.7. The standard InChI is InChI=1S/C34H38N8O3.C29H34N8O3.C28H34N8O3/c1-6-29(43)35-24-15-10-14-23(18-24)32(44)37-26-17-11-16-25(19-26)36-31-27-20-42(34(2,3)30(27)39-40-31)33(45)38-28(21-41(4)5)22-12-8-7-9-13-22;1-5-24(38)30-20-11-9-19(10-12-20)27(39)32-22-8-6-7-21(17-22)31-26-23-18-37(29(2,3)25(23)33-34-26)28(40)36-15-13-35(4)14-16-36;1-6-23(37)30-19-12-10-18(11-13-19)26(38)32-21-9-7-8-20(16-21)31-25-22-17-36(27(39)29-14-15-35(4)5)28(2,3)24(22)33-34-25/h6-19,28H,1,20-21H2,2-5H3,(H,35,43)(H,37,44)(H,38,45)(H2,36,39,40);5-12,17H,1,13-16,18H2,2-4H3,(H,30,38)(H,32,39)(H2,31,33,34);6-13,16H,1,14-15,17H2,2-5H3,(H,29,39)(H,30,37)(H,32,38)(H2,31,33,34)/t28-;;/m1../s1. The summed E-state index contributed by atoms with van der Waals surface area (Å²) in [7, 11) is 9.97. The molecular weight excluding hydrogens is 1570 g/mol. The Labute approximate surface area is 719 Å². The monoisotopic (exact) mass is 1680 g/mol. The highest BCUT2D eigenvalue weighted by Gasteiger charge is 2.48. The van der Waals surface area contributed by atoms with Crippen LogP contribution >= 0.6 is 0 Å². The molecule has 0 saturated carbocycles. The van der Waals surface area contributed by atoms with Crippen LogP contribution in [0.15, 0.2) is 214 Å². The van der Waals surface area contributed by atoms with E-state index < -0.39 is 16.6 Å². The molecule has 4 aliphatic heterocycles. The number of carbonyl (C=O) groups excluding carboxylic acids is 9. The number of aromatic nitrogens is 6. The summed E-state index contributed by atoms with van der Waals surface area (Å²) in [6.45, 7) is 28.7. The van der Waals surface area contributed by atoms with Crippen LogP contribution in [0.3, 0.4) is 0 Å². The van der Waals surface area contributed by atoms with Gasteiger partial charge in [0.1, 0.15) is 0 Å². The van der Waals surface area contributed by atoms with Crippen molar-refractivity contribution in [3.63, 3.8) is 0 Å². The molecule has 14 N–H and O–H groups in total. The summed E-state index contributed by atoms with van der Waals surface area (Å²) in [5.41, 5.74) is 11.7. The number of urea groups is 3. The largest absolute Gasteiger partial charge is 0.338 e. The van der Waals surface area contributed by atoms with Gasteiger partial charge in [0.15, 0.2) is 17.5 Å². The number of carbonyl (C=O) groups is 9. The van der Waals surface area contributed by atoms with Gasteiger partial charge in [0.05, 0.1) is 59.4 Å². The molecule has 0 spiro atoms. The minimum atomic E-state index is -0.624. The minimum absolute atomic E-state index is 0.0366. The second-order valence-corrected chi connectivity index (χ2v) is 32.3. The molecule has 14 rings (SSSR count). The lowest BCUT2D eigenvalue weighted by atomic mass is 10.0. The number of fused-ring (bicyclic) bond motifs is 3.